The molecule has 0 spiro atoms. The maximum absolute atomic E-state index is 5.81. The lowest BCUT2D eigenvalue weighted by molar-refractivity contribution is 0.404. The van der Waals surface area contributed by atoms with Gasteiger partial charge in [0.15, 0.2) is 5.11 Å². The number of nitrogens with zero attached hydrogens (tertiary/aromatic N) is 3. The molecule has 1 aliphatic heterocycles. The van der Waals surface area contributed by atoms with Crippen molar-refractivity contribution in [2.45, 2.75) is 19.9 Å². The van der Waals surface area contributed by atoms with E-state index in [2.05, 4.69) is 41.7 Å². The number of hydrogen-bond donors (Lipinski definition) is 1. The fourth-order valence-corrected chi connectivity index (χ4v) is 4.39. The first kappa shape index (κ1) is 20.2. The van der Waals surface area contributed by atoms with Crippen molar-refractivity contribution in [3.8, 4) is 11.4 Å². The minimum Gasteiger partial charge on any atom is -0.351 e. The molecule has 0 amide bonds. The zero-order chi connectivity index (χ0) is 22.1. The van der Waals surface area contributed by atoms with Gasteiger partial charge < -0.3 is 9.84 Å². The molecule has 5 nitrogen and oxygen atoms in total. The highest BCUT2D eigenvalue weighted by Gasteiger charge is 2.34. The molecule has 1 aliphatic rings. The van der Waals surface area contributed by atoms with Crippen molar-refractivity contribution in [2.75, 3.05) is 4.90 Å². The molecule has 6 heteroatoms. The molecule has 0 saturated carbocycles. The van der Waals surface area contributed by atoms with Crippen LogP contribution in [0.3, 0.4) is 0 Å². The van der Waals surface area contributed by atoms with Gasteiger partial charge in [-0.2, -0.15) is 4.98 Å². The molecule has 158 valence electrons. The van der Waals surface area contributed by atoms with Crippen LogP contribution in [0.5, 0.6) is 0 Å². The summed E-state index contributed by atoms with van der Waals surface area (Å²) in [5, 5.41) is 8.39. The predicted molar refractivity (Wildman–Crippen MR) is 131 cm³/mol. The highest BCUT2D eigenvalue weighted by molar-refractivity contribution is 7.80. The van der Waals surface area contributed by atoms with E-state index in [0.717, 1.165) is 33.6 Å². The van der Waals surface area contributed by atoms with E-state index in [9.17, 15) is 0 Å². The van der Waals surface area contributed by atoms with E-state index < -0.39 is 0 Å². The van der Waals surface area contributed by atoms with Gasteiger partial charge >= 0.3 is 0 Å². The van der Waals surface area contributed by atoms with Crippen molar-refractivity contribution >= 4 is 28.6 Å². The monoisotopic (exact) mass is 438 g/mol. The van der Waals surface area contributed by atoms with Crippen LogP contribution in [0, 0.1) is 6.92 Å². The Labute approximate surface area is 192 Å². The van der Waals surface area contributed by atoms with Crippen LogP contribution in [0.25, 0.3) is 17.0 Å². The van der Waals surface area contributed by atoms with Crippen LogP contribution in [-0.2, 0) is 0 Å². The smallest absolute Gasteiger partial charge is 0.258 e. The summed E-state index contributed by atoms with van der Waals surface area (Å²) in [5.41, 5.74) is 6.00. The third-order valence-corrected chi connectivity index (χ3v) is 5.87. The summed E-state index contributed by atoms with van der Waals surface area (Å²) in [4.78, 5) is 6.79. The largest absolute Gasteiger partial charge is 0.351 e. The molecular weight excluding hydrogens is 416 g/mol. The first-order chi connectivity index (χ1) is 15.6. The van der Waals surface area contributed by atoms with Crippen molar-refractivity contribution in [3.63, 3.8) is 0 Å². The molecule has 0 bridgehead atoms. The van der Waals surface area contributed by atoms with Crippen molar-refractivity contribution in [3.05, 3.63) is 108 Å². The third-order valence-electron chi connectivity index (χ3n) is 5.57. The number of aryl methyl sites for hydroxylation is 1. The number of anilines is 1. The maximum atomic E-state index is 5.81. The molecular formula is C26H22N4OS. The first-order valence-electron chi connectivity index (χ1n) is 10.4. The minimum atomic E-state index is -0.200. The van der Waals surface area contributed by atoms with Crippen molar-refractivity contribution in [1.82, 2.24) is 15.5 Å². The van der Waals surface area contributed by atoms with E-state index in [1.165, 1.54) is 0 Å². The van der Waals surface area contributed by atoms with Crippen LogP contribution in [0.15, 0.2) is 95.1 Å². The van der Waals surface area contributed by atoms with Crippen LogP contribution >= 0.6 is 12.2 Å². The molecule has 1 N–H and O–H groups in total. The van der Waals surface area contributed by atoms with Gasteiger partial charge in [-0.15, -0.1) is 0 Å². The maximum Gasteiger partial charge on any atom is 0.258 e. The fraction of sp³-hybridized carbons (Fsp3) is 0.115. The number of nitrogens with one attached hydrogen (secondary N) is 1. The highest BCUT2D eigenvalue weighted by Crippen LogP contribution is 2.39. The molecule has 2 heterocycles. The molecule has 5 rings (SSSR count). The van der Waals surface area contributed by atoms with Crippen molar-refractivity contribution in [2.24, 2.45) is 0 Å². The number of allylic oxidation sites excluding steroid dienone is 1. The van der Waals surface area contributed by atoms with Crippen LogP contribution in [0.4, 0.5) is 5.69 Å². The Hall–Kier alpha value is -3.77. The summed E-state index contributed by atoms with van der Waals surface area (Å²) < 4.78 is 5.79. The topological polar surface area (TPSA) is 54.2 Å². The van der Waals surface area contributed by atoms with Gasteiger partial charge in [-0.3, -0.25) is 4.90 Å². The molecule has 0 fully saturated rings. The van der Waals surface area contributed by atoms with Crippen LogP contribution in [0.2, 0.25) is 0 Å². The number of hydrogen-bond acceptors (Lipinski definition) is 4. The standard InChI is InChI=1S/C26H22N4OS/c1-17-10-9-15-21(16-17)30-18(2)22(23(27-26(30)32)19-11-5-3-6-12-19)25-28-24(29-31-25)20-13-7-4-8-14-20/h3-16,23H,1-2H3,(H,27,32). The SMILES string of the molecule is CC1=C(c2nc(-c3ccccc3)no2)C(c2ccccc2)NC(=S)N1c1cccc(C)c1. The zero-order valence-electron chi connectivity index (χ0n) is 17.8. The van der Waals surface area contributed by atoms with Crippen LogP contribution < -0.4 is 10.2 Å². The Morgan fingerprint density at radius 2 is 1.62 bits per heavy atom. The van der Waals surface area contributed by atoms with Gasteiger partial charge in [0.25, 0.3) is 5.89 Å². The zero-order valence-corrected chi connectivity index (χ0v) is 18.6. The summed E-state index contributed by atoms with van der Waals surface area (Å²) in [7, 11) is 0. The average molecular weight is 439 g/mol. The van der Waals surface area contributed by atoms with E-state index >= 15 is 0 Å². The number of rotatable bonds is 4. The molecule has 32 heavy (non-hydrogen) atoms. The van der Waals surface area contributed by atoms with E-state index in [0.29, 0.717) is 16.8 Å². The molecule has 0 aliphatic carbocycles. The van der Waals surface area contributed by atoms with Gasteiger partial charge in [-0.05, 0) is 49.3 Å². The summed E-state index contributed by atoms with van der Waals surface area (Å²) >= 11 is 5.81. The molecule has 0 saturated heterocycles. The molecule has 1 aromatic heterocycles. The summed E-state index contributed by atoms with van der Waals surface area (Å²) in [5.74, 6) is 1.03. The van der Waals surface area contributed by atoms with E-state index in [1.807, 2.05) is 72.5 Å². The normalized spacial score (nSPS) is 16.2. The number of thiocarbonyl (C=S) groups is 1. The Bertz CT molecular complexity index is 1300. The van der Waals surface area contributed by atoms with E-state index in [1.54, 1.807) is 0 Å². The van der Waals surface area contributed by atoms with Crippen molar-refractivity contribution in [1.29, 1.82) is 0 Å². The molecule has 0 radical (unpaired) electrons. The van der Waals surface area contributed by atoms with Gasteiger partial charge in [0, 0.05) is 16.9 Å². The second-order valence-electron chi connectivity index (χ2n) is 7.76. The second-order valence-corrected chi connectivity index (χ2v) is 8.14. The lowest BCUT2D eigenvalue weighted by Gasteiger charge is -2.37. The number of benzene rings is 3. The highest BCUT2D eigenvalue weighted by atomic mass is 32.1. The summed E-state index contributed by atoms with van der Waals surface area (Å²) in [6.45, 7) is 4.12. The van der Waals surface area contributed by atoms with Gasteiger partial charge in [-0.25, -0.2) is 0 Å². The Morgan fingerprint density at radius 3 is 2.34 bits per heavy atom. The van der Waals surface area contributed by atoms with E-state index in [4.69, 9.17) is 21.7 Å². The van der Waals surface area contributed by atoms with Gasteiger partial charge in [0.05, 0.1) is 11.6 Å². The predicted octanol–water partition coefficient (Wildman–Crippen LogP) is 5.91. The van der Waals surface area contributed by atoms with Crippen molar-refractivity contribution < 1.29 is 4.52 Å². The Balaban J connectivity index is 1.67. The molecule has 4 aromatic rings. The van der Waals surface area contributed by atoms with Crippen LogP contribution in [0.1, 0.15) is 30.0 Å². The van der Waals surface area contributed by atoms with Gasteiger partial charge in [0.2, 0.25) is 5.82 Å². The fourth-order valence-electron chi connectivity index (χ4n) is 4.03. The molecule has 1 atom stereocenters. The average Bonchev–Trinajstić information content (AvgIpc) is 3.30. The van der Waals surface area contributed by atoms with Gasteiger partial charge in [-0.1, -0.05) is 78.0 Å². The number of aromatic nitrogens is 2. The summed E-state index contributed by atoms with van der Waals surface area (Å²) in [6, 6.07) is 28.1. The lowest BCUT2D eigenvalue weighted by Crippen LogP contribution is -2.46. The Morgan fingerprint density at radius 1 is 0.906 bits per heavy atom. The summed E-state index contributed by atoms with van der Waals surface area (Å²) in [6.07, 6.45) is 0. The second kappa shape index (κ2) is 8.40. The van der Waals surface area contributed by atoms with E-state index in [-0.39, 0.29) is 6.04 Å². The van der Waals surface area contributed by atoms with Crippen LogP contribution in [-0.4, -0.2) is 15.3 Å². The molecule has 3 aromatic carbocycles. The minimum absolute atomic E-state index is 0.200. The Kier molecular flexibility index (Phi) is 5.29. The van der Waals surface area contributed by atoms with Gasteiger partial charge in [0.1, 0.15) is 0 Å². The lowest BCUT2D eigenvalue weighted by atomic mass is 9.94. The molecule has 1 unspecified atom stereocenters. The first-order valence-corrected chi connectivity index (χ1v) is 10.8. The quantitative estimate of drug-likeness (QED) is 0.400. The third kappa shape index (κ3) is 3.69.